The number of hydrogen-bond acceptors (Lipinski definition) is 5. The first kappa shape index (κ1) is 10.4. The van der Waals surface area contributed by atoms with Crippen molar-refractivity contribution in [2.24, 2.45) is 0 Å². The molecule has 0 aliphatic carbocycles. The predicted molar refractivity (Wildman–Crippen MR) is 57.7 cm³/mol. The van der Waals surface area contributed by atoms with E-state index in [9.17, 15) is 0 Å². The number of ether oxygens (including phenoxy) is 2. The summed E-state index contributed by atoms with van der Waals surface area (Å²) >= 11 is 3.37. The van der Waals surface area contributed by atoms with Gasteiger partial charge in [-0.1, -0.05) is 11.8 Å². The van der Waals surface area contributed by atoms with Gasteiger partial charge in [0.05, 0.1) is 5.69 Å². The molecular formula is C9H13NO2S2. The van der Waals surface area contributed by atoms with E-state index in [1.165, 1.54) is 4.88 Å². The monoisotopic (exact) mass is 231 g/mol. The number of thiazole rings is 1. The van der Waals surface area contributed by atoms with Crippen LogP contribution < -0.4 is 0 Å². The number of nitrogens with zero attached hydrogens (tertiary/aromatic N) is 1. The Labute approximate surface area is 91.8 Å². The van der Waals surface area contributed by atoms with Gasteiger partial charge in [-0.25, -0.2) is 4.98 Å². The first-order chi connectivity index (χ1) is 6.70. The molecular weight excluding hydrogens is 218 g/mol. The Bertz CT molecular complexity index is 307. The minimum absolute atomic E-state index is 0.0190. The summed E-state index contributed by atoms with van der Waals surface area (Å²) in [5.41, 5.74) is 1.27. The summed E-state index contributed by atoms with van der Waals surface area (Å²) in [4.78, 5) is 5.71. The van der Waals surface area contributed by atoms with Crippen LogP contribution in [0.15, 0.2) is 4.34 Å². The normalized spacial score (nSPS) is 25.4. The molecule has 78 valence electrons. The fourth-order valence-corrected chi connectivity index (χ4v) is 3.28. The summed E-state index contributed by atoms with van der Waals surface area (Å²) in [6.07, 6.45) is -0.0190. The molecule has 1 aliphatic rings. The molecule has 2 rings (SSSR count). The molecule has 2 unspecified atom stereocenters. The minimum atomic E-state index is -0.0190. The minimum Gasteiger partial charge on any atom is -0.349 e. The summed E-state index contributed by atoms with van der Waals surface area (Å²) < 4.78 is 11.7. The van der Waals surface area contributed by atoms with Crippen LogP contribution in [-0.4, -0.2) is 23.3 Å². The zero-order chi connectivity index (χ0) is 10.1. The second-order valence-electron chi connectivity index (χ2n) is 3.07. The first-order valence-corrected chi connectivity index (χ1v) is 6.28. The van der Waals surface area contributed by atoms with Gasteiger partial charge in [0.1, 0.15) is 0 Å². The molecule has 5 heteroatoms. The van der Waals surface area contributed by atoms with Crippen LogP contribution in [0, 0.1) is 13.8 Å². The molecule has 2 atom stereocenters. The molecule has 1 aliphatic heterocycles. The van der Waals surface area contributed by atoms with Gasteiger partial charge in [-0.3, -0.25) is 0 Å². The van der Waals surface area contributed by atoms with Crippen molar-refractivity contribution in [2.75, 3.05) is 6.61 Å². The highest BCUT2D eigenvalue weighted by molar-refractivity contribution is 8.01. The maximum absolute atomic E-state index is 5.32. The van der Waals surface area contributed by atoms with E-state index in [1.807, 2.05) is 13.8 Å². The van der Waals surface area contributed by atoms with Crippen molar-refractivity contribution in [3.05, 3.63) is 10.6 Å². The highest BCUT2D eigenvalue weighted by Gasteiger charge is 2.41. The average Bonchev–Trinajstić information content (AvgIpc) is 2.75. The highest BCUT2D eigenvalue weighted by atomic mass is 32.2. The average molecular weight is 231 g/mol. The lowest BCUT2D eigenvalue weighted by Crippen LogP contribution is -1.96. The van der Waals surface area contributed by atoms with Crippen molar-refractivity contribution < 1.29 is 9.47 Å². The van der Waals surface area contributed by atoms with E-state index in [-0.39, 0.29) is 11.7 Å². The summed E-state index contributed by atoms with van der Waals surface area (Å²) in [5, 5.41) is 0. The molecule has 0 N–H and O–H groups in total. The predicted octanol–water partition coefficient (Wildman–Crippen LogP) is 2.57. The van der Waals surface area contributed by atoms with Crippen molar-refractivity contribution in [1.29, 1.82) is 0 Å². The van der Waals surface area contributed by atoms with E-state index >= 15 is 0 Å². The maximum atomic E-state index is 5.32. The summed E-state index contributed by atoms with van der Waals surface area (Å²) in [6, 6.07) is 0. The topological polar surface area (TPSA) is 34.6 Å². The van der Waals surface area contributed by atoms with Crippen LogP contribution in [0.25, 0.3) is 0 Å². The molecule has 0 bridgehead atoms. The number of thioether (sulfide) groups is 1. The van der Waals surface area contributed by atoms with Gasteiger partial charge < -0.3 is 9.47 Å². The third-order valence-electron chi connectivity index (χ3n) is 1.97. The van der Waals surface area contributed by atoms with Crippen LogP contribution in [0.1, 0.15) is 17.5 Å². The molecule has 0 spiro atoms. The number of rotatable bonds is 4. The Morgan fingerprint density at radius 2 is 2.36 bits per heavy atom. The molecule has 0 aromatic carbocycles. The fourth-order valence-electron chi connectivity index (χ4n) is 1.05. The number of aromatic nitrogens is 1. The summed E-state index contributed by atoms with van der Waals surface area (Å²) in [5.74, 6) is 0. The Morgan fingerprint density at radius 1 is 1.57 bits per heavy atom. The van der Waals surface area contributed by atoms with E-state index < -0.39 is 0 Å². The van der Waals surface area contributed by atoms with Gasteiger partial charge in [-0.2, -0.15) is 0 Å². The molecule has 0 radical (unpaired) electrons. The van der Waals surface area contributed by atoms with E-state index in [2.05, 4.69) is 11.9 Å². The zero-order valence-electron chi connectivity index (χ0n) is 8.44. The fraction of sp³-hybridized carbons (Fsp3) is 0.667. The van der Waals surface area contributed by atoms with E-state index in [1.54, 1.807) is 23.1 Å². The van der Waals surface area contributed by atoms with Crippen LogP contribution in [0.2, 0.25) is 0 Å². The van der Waals surface area contributed by atoms with Crippen LogP contribution in [-0.2, 0) is 9.47 Å². The molecule has 1 fully saturated rings. The van der Waals surface area contributed by atoms with Crippen molar-refractivity contribution in [2.45, 2.75) is 36.8 Å². The first-order valence-electron chi connectivity index (χ1n) is 4.58. The van der Waals surface area contributed by atoms with Crippen LogP contribution in [0.4, 0.5) is 0 Å². The second kappa shape index (κ2) is 4.18. The lowest BCUT2D eigenvalue weighted by atomic mass is 10.4. The molecule has 1 aromatic rings. The van der Waals surface area contributed by atoms with E-state index in [0.29, 0.717) is 6.61 Å². The van der Waals surface area contributed by atoms with Crippen LogP contribution in [0.5, 0.6) is 0 Å². The number of aryl methyl sites for hydroxylation is 2. The Balaban J connectivity index is 1.87. The van der Waals surface area contributed by atoms with Gasteiger partial charge >= 0.3 is 0 Å². The maximum Gasteiger partial charge on any atom is 0.195 e. The highest BCUT2D eigenvalue weighted by Crippen LogP contribution is 2.40. The van der Waals surface area contributed by atoms with Crippen LogP contribution >= 0.6 is 23.1 Å². The van der Waals surface area contributed by atoms with Gasteiger partial charge in [-0.15, -0.1) is 11.3 Å². The van der Waals surface area contributed by atoms with Gasteiger partial charge in [0.15, 0.2) is 16.1 Å². The molecule has 1 saturated heterocycles. The summed E-state index contributed by atoms with van der Waals surface area (Å²) in [7, 11) is 0. The molecule has 14 heavy (non-hydrogen) atoms. The van der Waals surface area contributed by atoms with E-state index in [4.69, 9.17) is 9.47 Å². The number of epoxide rings is 1. The van der Waals surface area contributed by atoms with Gasteiger partial charge in [-0.05, 0) is 20.8 Å². The quantitative estimate of drug-likeness (QED) is 0.746. The largest absolute Gasteiger partial charge is 0.349 e. The second-order valence-corrected chi connectivity index (χ2v) is 5.62. The van der Waals surface area contributed by atoms with Gasteiger partial charge in [0.2, 0.25) is 0 Å². The van der Waals surface area contributed by atoms with Crippen molar-refractivity contribution in [3.63, 3.8) is 0 Å². The third-order valence-corrected chi connectivity index (χ3v) is 4.24. The number of hydrogen-bond donors (Lipinski definition) is 0. The standard InChI is InChI=1S/C9H13NO2S2/c1-4-11-7-8(12-7)14-9-10-5(2)6(3)13-9/h7-8H,4H2,1-3H3. The molecule has 3 nitrogen and oxygen atoms in total. The van der Waals surface area contributed by atoms with Crippen molar-refractivity contribution >= 4 is 23.1 Å². The van der Waals surface area contributed by atoms with Crippen LogP contribution in [0.3, 0.4) is 0 Å². The lowest BCUT2D eigenvalue weighted by molar-refractivity contribution is 0.0593. The van der Waals surface area contributed by atoms with Crippen molar-refractivity contribution in [3.8, 4) is 0 Å². The molecule has 0 amide bonds. The lowest BCUT2D eigenvalue weighted by Gasteiger charge is -1.91. The molecule has 2 heterocycles. The van der Waals surface area contributed by atoms with Gasteiger partial charge in [0.25, 0.3) is 0 Å². The Hall–Kier alpha value is -0.100. The Kier molecular flexibility index (Phi) is 3.11. The third kappa shape index (κ3) is 2.28. The smallest absolute Gasteiger partial charge is 0.195 e. The van der Waals surface area contributed by atoms with Crippen molar-refractivity contribution in [1.82, 2.24) is 4.98 Å². The van der Waals surface area contributed by atoms with Gasteiger partial charge in [0, 0.05) is 11.5 Å². The Morgan fingerprint density at radius 3 is 2.93 bits per heavy atom. The zero-order valence-corrected chi connectivity index (χ0v) is 10.1. The molecule has 0 saturated carbocycles. The molecule has 1 aromatic heterocycles. The SMILES string of the molecule is CCOC1OC1Sc1nc(C)c(C)s1. The van der Waals surface area contributed by atoms with E-state index in [0.717, 1.165) is 10.0 Å². The summed E-state index contributed by atoms with van der Waals surface area (Å²) in [6.45, 7) is 6.80.